The van der Waals surface area contributed by atoms with E-state index in [2.05, 4.69) is 17.1 Å². The summed E-state index contributed by atoms with van der Waals surface area (Å²) in [4.78, 5) is 5.49. The largest absolute Gasteiger partial charge is 0.366 e. The number of imidazole rings is 1. The average Bonchev–Trinajstić information content (AvgIpc) is 3.31. The number of rotatable bonds is 4. The predicted molar refractivity (Wildman–Crippen MR) is 111 cm³/mol. The SMILES string of the molecule is C=[O+]C1CCC(Nc2ccc3ncc(-c4cc5cc(F)ccc5s4)n3n2)CC1. The minimum Gasteiger partial charge on any atom is -0.366 e. The van der Waals surface area contributed by atoms with E-state index in [1.165, 1.54) is 6.07 Å². The van der Waals surface area contributed by atoms with Crippen LogP contribution in [0.5, 0.6) is 0 Å². The fourth-order valence-corrected chi connectivity index (χ4v) is 4.88. The molecule has 28 heavy (non-hydrogen) atoms. The van der Waals surface area contributed by atoms with Crippen molar-refractivity contribution < 1.29 is 8.82 Å². The summed E-state index contributed by atoms with van der Waals surface area (Å²) in [5, 5.41) is 9.20. The van der Waals surface area contributed by atoms with Crippen LogP contribution in [0.25, 0.3) is 26.3 Å². The highest BCUT2D eigenvalue weighted by molar-refractivity contribution is 7.22. The van der Waals surface area contributed by atoms with E-state index in [0.29, 0.717) is 6.04 Å². The van der Waals surface area contributed by atoms with Crippen molar-refractivity contribution in [2.75, 3.05) is 5.32 Å². The second kappa shape index (κ2) is 6.98. The summed E-state index contributed by atoms with van der Waals surface area (Å²) >= 11 is 1.62. The molecule has 0 atom stereocenters. The van der Waals surface area contributed by atoms with E-state index in [4.69, 9.17) is 9.52 Å². The molecule has 1 saturated carbocycles. The highest BCUT2D eigenvalue weighted by atomic mass is 32.1. The van der Waals surface area contributed by atoms with E-state index in [9.17, 15) is 4.39 Å². The van der Waals surface area contributed by atoms with Gasteiger partial charge in [-0.15, -0.1) is 16.4 Å². The first-order valence-corrected chi connectivity index (χ1v) is 10.2. The molecule has 1 fully saturated rings. The highest BCUT2D eigenvalue weighted by Crippen LogP contribution is 2.34. The van der Waals surface area contributed by atoms with Crippen molar-refractivity contribution in [3.8, 4) is 10.6 Å². The molecule has 5 rings (SSSR count). The second-order valence-electron chi connectivity index (χ2n) is 7.21. The predicted octanol–water partition coefficient (Wildman–Crippen LogP) is 4.84. The fraction of sp³-hybridized carbons (Fsp3) is 0.286. The van der Waals surface area contributed by atoms with Crippen LogP contribution in [-0.4, -0.2) is 33.5 Å². The van der Waals surface area contributed by atoms with Crippen LogP contribution in [0.2, 0.25) is 0 Å². The fourth-order valence-electron chi connectivity index (χ4n) is 3.84. The molecule has 0 aliphatic heterocycles. The zero-order chi connectivity index (χ0) is 19.1. The number of anilines is 1. The molecule has 142 valence electrons. The summed E-state index contributed by atoms with van der Waals surface area (Å²) in [7, 11) is 0. The van der Waals surface area contributed by atoms with Gasteiger partial charge in [-0.25, -0.2) is 13.9 Å². The minimum atomic E-state index is -0.224. The first-order chi connectivity index (χ1) is 13.7. The van der Waals surface area contributed by atoms with Crippen LogP contribution in [0.1, 0.15) is 25.7 Å². The van der Waals surface area contributed by atoms with E-state index in [1.54, 1.807) is 17.4 Å². The molecule has 3 heterocycles. The normalized spacial score (nSPS) is 19.9. The Hall–Kier alpha value is -2.80. The Bertz CT molecular complexity index is 1160. The highest BCUT2D eigenvalue weighted by Gasteiger charge is 2.26. The van der Waals surface area contributed by atoms with Gasteiger partial charge in [-0.1, -0.05) is 0 Å². The molecule has 1 N–H and O–H groups in total. The topological polar surface area (TPSA) is 53.5 Å². The molecule has 0 saturated heterocycles. The van der Waals surface area contributed by atoms with Gasteiger partial charge in [-0.3, -0.25) is 4.42 Å². The van der Waals surface area contributed by atoms with Crippen molar-refractivity contribution in [1.29, 1.82) is 0 Å². The maximum atomic E-state index is 13.5. The van der Waals surface area contributed by atoms with Gasteiger partial charge in [0.2, 0.25) is 0 Å². The number of halogens is 1. The van der Waals surface area contributed by atoms with Gasteiger partial charge in [0.05, 0.1) is 11.1 Å². The van der Waals surface area contributed by atoms with Gasteiger partial charge in [0.25, 0.3) is 12.9 Å². The zero-order valence-corrected chi connectivity index (χ0v) is 16.1. The second-order valence-corrected chi connectivity index (χ2v) is 8.29. The van der Waals surface area contributed by atoms with Crippen LogP contribution < -0.4 is 5.32 Å². The number of hydrogen-bond acceptors (Lipinski definition) is 4. The average molecular weight is 395 g/mol. The molecule has 4 aromatic rings. The summed E-state index contributed by atoms with van der Waals surface area (Å²) in [5.41, 5.74) is 1.70. The van der Waals surface area contributed by atoms with E-state index >= 15 is 0 Å². The van der Waals surface area contributed by atoms with Crippen LogP contribution in [-0.2, 0) is 4.42 Å². The van der Waals surface area contributed by atoms with Gasteiger partial charge in [0.15, 0.2) is 5.65 Å². The van der Waals surface area contributed by atoms with Crippen LogP contribution in [0.3, 0.4) is 0 Å². The van der Waals surface area contributed by atoms with Gasteiger partial charge in [0.1, 0.15) is 17.3 Å². The van der Waals surface area contributed by atoms with Crippen molar-refractivity contribution in [2.45, 2.75) is 37.8 Å². The van der Waals surface area contributed by atoms with Gasteiger partial charge in [-0.05, 0) is 54.6 Å². The molecule has 0 radical (unpaired) electrons. The zero-order valence-electron chi connectivity index (χ0n) is 15.3. The number of thiophene rings is 1. The third-order valence-corrected chi connectivity index (χ3v) is 6.49. The number of aromatic nitrogens is 3. The van der Waals surface area contributed by atoms with Crippen LogP contribution in [0, 0.1) is 5.82 Å². The monoisotopic (exact) mass is 395 g/mol. The van der Waals surface area contributed by atoms with Crippen molar-refractivity contribution in [3.63, 3.8) is 0 Å². The van der Waals surface area contributed by atoms with Gasteiger partial charge in [0, 0.05) is 23.6 Å². The summed E-state index contributed by atoms with van der Waals surface area (Å²) in [5.74, 6) is 0.608. The van der Waals surface area contributed by atoms with Crippen LogP contribution in [0.15, 0.2) is 42.6 Å². The Morgan fingerprint density at radius 1 is 1.14 bits per heavy atom. The summed E-state index contributed by atoms with van der Waals surface area (Å²) in [6.45, 7) is 3.54. The lowest BCUT2D eigenvalue weighted by molar-refractivity contribution is -0.498. The third-order valence-electron chi connectivity index (χ3n) is 5.36. The summed E-state index contributed by atoms with van der Waals surface area (Å²) < 4.78 is 21.6. The number of nitrogens with zero attached hydrogens (tertiary/aromatic N) is 3. The number of nitrogens with one attached hydrogen (secondary N) is 1. The van der Waals surface area contributed by atoms with Crippen LogP contribution in [0.4, 0.5) is 10.2 Å². The maximum Gasteiger partial charge on any atom is 0.274 e. The molecule has 3 aromatic heterocycles. The Morgan fingerprint density at radius 3 is 2.82 bits per heavy atom. The summed E-state index contributed by atoms with van der Waals surface area (Å²) in [6.07, 6.45) is 6.20. The van der Waals surface area contributed by atoms with Crippen molar-refractivity contribution in [3.05, 3.63) is 48.4 Å². The van der Waals surface area contributed by atoms with Gasteiger partial charge < -0.3 is 5.32 Å². The molecule has 0 bridgehead atoms. The van der Waals surface area contributed by atoms with E-state index < -0.39 is 0 Å². The molecular formula is C21H20FN4OS+. The maximum absolute atomic E-state index is 13.5. The molecule has 5 nitrogen and oxygen atoms in total. The molecule has 1 aliphatic rings. The lowest BCUT2D eigenvalue weighted by Gasteiger charge is -2.23. The Morgan fingerprint density at radius 2 is 2.00 bits per heavy atom. The third kappa shape index (κ3) is 3.16. The van der Waals surface area contributed by atoms with Gasteiger partial charge in [-0.2, -0.15) is 0 Å². The van der Waals surface area contributed by atoms with Crippen LogP contribution >= 0.6 is 11.3 Å². The van der Waals surface area contributed by atoms with E-state index in [1.807, 2.05) is 35.0 Å². The van der Waals surface area contributed by atoms with E-state index in [0.717, 1.165) is 57.8 Å². The lowest BCUT2D eigenvalue weighted by atomic mass is 9.93. The Balaban J connectivity index is 1.45. The smallest absolute Gasteiger partial charge is 0.274 e. The molecule has 1 aliphatic carbocycles. The standard InChI is InChI=1S/C21H20FN4OS/c1-27-16-5-3-15(4-6-16)24-20-8-9-21-23-12-17(26(21)25-20)19-11-13-10-14(22)2-7-18(13)28-19/h2,7-12,15-16H,1,3-6H2,(H,24,25)/q+1. The molecule has 7 heteroatoms. The van der Waals surface area contributed by atoms with E-state index in [-0.39, 0.29) is 11.9 Å². The molecule has 0 amide bonds. The molecule has 0 unspecified atom stereocenters. The van der Waals surface area contributed by atoms with Gasteiger partial charge >= 0.3 is 0 Å². The Kier molecular flexibility index (Phi) is 4.31. The molecule has 0 spiro atoms. The first kappa shape index (κ1) is 17.3. The molecule has 1 aromatic carbocycles. The van der Waals surface area contributed by atoms with Crippen molar-refractivity contribution in [2.24, 2.45) is 0 Å². The lowest BCUT2D eigenvalue weighted by Crippen LogP contribution is -2.29. The number of hydrogen-bond donors (Lipinski definition) is 1. The number of fused-ring (bicyclic) bond motifs is 2. The minimum absolute atomic E-state index is 0.224. The summed E-state index contributed by atoms with van der Waals surface area (Å²) in [6, 6.07) is 11.2. The quantitative estimate of drug-likeness (QED) is 0.503. The number of carbonyl (C=O) groups excluding carboxylic acids is 1. The Labute approximate surface area is 165 Å². The van der Waals surface area contributed by atoms with Crippen molar-refractivity contribution in [1.82, 2.24) is 14.6 Å². The first-order valence-electron chi connectivity index (χ1n) is 9.41. The number of benzene rings is 1. The molecular weight excluding hydrogens is 375 g/mol. The van der Waals surface area contributed by atoms with Crippen molar-refractivity contribution >= 4 is 39.7 Å².